The Hall–Kier alpha value is -0.970. The summed E-state index contributed by atoms with van der Waals surface area (Å²) in [5.41, 5.74) is -0.443. The third kappa shape index (κ3) is 3.57. The van der Waals surface area contributed by atoms with Crippen LogP contribution in [0.15, 0.2) is 18.2 Å². The molecule has 0 saturated carbocycles. The van der Waals surface area contributed by atoms with Gasteiger partial charge in [-0.3, -0.25) is 4.79 Å². The van der Waals surface area contributed by atoms with Gasteiger partial charge in [0, 0.05) is 24.2 Å². The standard InChI is InChI=1S/C14H18Cl2N2O2/c1-14(2,20)13(19)17-10-5-6-18(8-10)12-4-3-9(15)7-11(12)16/h3-4,7,10,20H,5-6,8H2,1-2H3,(H,17,19). The van der Waals surface area contributed by atoms with Crippen LogP contribution in [0.2, 0.25) is 10.0 Å². The predicted octanol–water partition coefficient (Wildman–Crippen LogP) is 2.46. The molecular weight excluding hydrogens is 299 g/mol. The first-order valence-electron chi connectivity index (χ1n) is 6.50. The first-order valence-corrected chi connectivity index (χ1v) is 7.26. The van der Waals surface area contributed by atoms with Crippen molar-refractivity contribution in [1.29, 1.82) is 0 Å². The Labute approximate surface area is 128 Å². The van der Waals surface area contributed by atoms with Gasteiger partial charge in [-0.2, -0.15) is 0 Å². The zero-order chi connectivity index (χ0) is 14.9. The van der Waals surface area contributed by atoms with Crippen LogP contribution in [0.1, 0.15) is 20.3 Å². The summed E-state index contributed by atoms with van der Waals surface area (Å²) < 4.78 is 0. The number of benzene rings is 1. The average molecular weight is 317 g/mol. The van der Waals surface area contributed by atoms with Gasteiger partial charge in [-0.1, -0.05) is 23.2 Å². The summed E-state index contributed by atoms with van der Waals surface area (Å²) in [7, 11) is 0. The highest BCUT2D eigenvalue weighted by Crippen LogP contribution is 2.31. The van der Waals surface area contributed by atoms with Crippen LogP contribution < -0.4 is 10.2 Å². The number of hydrogen-bond donors (Lipinski definition) is 2. The van der Waals surface area contributed by atoms with E-state index in [2.05, 4.69) is 10.2 Å². The lowest BCUT2D eigenvalue weighted by molar-refractivity contribution is -0.137. The van der Waals surface area contributed by atoms with E-state index < -0.39 is 5.60 Å². The number of amides is 1. The molecule has 1 unspecified atom stereocenters. The van der Waals surface area contributed by atoms with Gasteiger partial charge in [-0.25, -0.2) is 0 Å². The maximum Gasteiger partial charge on any atom is 0.251 e. The van der Waals surface area contributed by atoms with Gasteiger partial charge in [-0.15, -0.1) is 0 Å². The Morgan fingerprint density at radius 3 is 2.75 bits per heavy atom. The second-order valence-electron chi connectivity index (χ2n) is 5.56. The summed E-state index contributed by atoms with van der Waals surface area (Å²) >= 11 is 12.1. The Kier molecular flexibility index (Phi) is 4.47. The van der Waals surface area contributed by atoms with E-state index in [1.165, 1.54) is 13.8 Å². The quantitative estimate of drug-likeness (QED) is 0.900. The normalized spacial score (nSPS) is 19.2. The molecule has 0 spiro atoms. The lowest BCUT2D eigenvalue weighted by Crippen LogP contribution is -2.47. The van der Waals surface area contributed by atoms with Crippen LogP contribution in [0.4, 0.5) is 5.69 Å². The predicted molar refractivity (Wildman–Crippen MR) is 81.5 cm³/mol. The molecule has 1 heterocycles. The zero-order valence-corrected chi connectivity index (χ0v) is 13.0. The highest BCUT2D eigenvalue weighted by Gasteiger charge is 2.30. The summed E-state index contributed by atoms with van der Waals surface area (Å²) in [6, 6.07) is 5.40. The smallest absolute Gasteiger partial charge is 0.251 e. The van der Waals surface area contributed by atoms with Crippen LogP contribution in [0.25, 0.3) is 0 Å². The summed E-state index contributed by atoms with van der Waals surface area (Å²) in [5.74, 6) is -0.355. The van der Waals surface area contributed by atoms with Gasteiger partial charge in [0.2, 0.25) is 0 Å². The number of carbonyl (C=O) groups excluding carboxylic acids is 1. The molecule has 6 heteroatoms. The van der Waals surface area contributed by atoms with Crippen molar-refractivity contribution in [3.05, 3.63) is 28.2 Å². The van der Waals surface area contributed by atoms with Crippen molar-refractivity contribution in [2.75, 3.05) is 18.0 Å². The molecule has 0 aromatic heterocycles. The molecule has 110 valence electrons. The second kappa shape index (κ2) is 5.80. The molecule has 1 fully saturated rings. The third-order valence-electron chi connectivity index (χ3n) is 3.33. The molecule has 0 radical (unpaired) electrons. The summed E-state index contributed by atoms with van der Waals surface area (Å²) in [5, 5.41) is 13.7. The van der Waals surface area contributed by atoms with E-state index in [-0.39, 0.29) is 11.9 Å². The number of nitrogens with one attached hydrogen (secondary N) is 1. The summed E-state index contributed by atoms with van der Waals surface area (Å²) in [4.78, 5) is 13.9. The lowest BCUT2D eigenvalue weighted by atomic mass is 10.1. The summed E-state index contributed by atoms with van der Waals surface area (Å²) in [6.07, 6.45) is 0.820. The van der Waals surface area contributed by atoms with Crippen LogP contribution in [0, 0.1) is 0 Å². The van der Waals surface area contributed by atoms with Gasteiger partial charge in [-0.05, 0) is 38.5 Å². The van der Waals surface area contributed by atoms with Gasteiger partial charge in [0.05, 0.1) is 10.7 Å². The fourth-order valence-electron chi connectivity index (χ4n) is 2.20. The monoisotopic (exact) mass is 316 g/mol. The molecule has 2 rings (SSSR count). The molecule has 1 aliphatic heterocycles. The van der Waals surface area contributed by atoms with Crippen molar-refractivity contribution in [3.8, 4) is 0 Å². The van der Waals surface area contributed by atoms with Crippen molar-refractivity contribution >= 4 is 34.8 Å². The number of anilines is 1. The van der Waals surface area contributed by atoms with Crippen LogP contribution in [0.3, 0.4) is 0 Å². The van der Waals surface area contributed by atoms with Crippen molar-refractivity contribution in [3.63, 3.8) is 0 Å². The molecule has 1 aliphatic rings. The van der Waals surface area contributed by atoms with Gasteiger partial charge in [0.25, 0.3) is 5.91 Å². The molecule has 0 aliphatic carbocycles. The molecule has 1 amide bonds. The first-order chi connectivity index (χ1) is 9.27. The van der Waals surface area contributed by atoms with E-state index in [0.717, 1.165) is 18.7 Å². The van der Waals surface area contributed by atoms with Crippen LogP contribution >= 0.6 is 23.2 Å². The van der Waals surface area contributed by atoms with Gasteiger partial charge in [0.1, 0.15) is 5.60 Å². The largest absolute Gasteiger partial charge is 0.381 e. The number of carbonyl (C=O) groups is 1. The van der Waals surface area contributed by atoms with Crippen molar-refractivity contribution in [2.24, 2.45) is 0 Å². The highest BCUT2D eigenvalue weighted by atomic mass is 35.5. The number of hydrogen-bond acceptors (Lipinski definition) is 3. The maximum atomic E-state index is 11.8. The second-order valence-corrected chi connectivity index (χ2v) is 6.40. The Morgan fingerprint density at radius 1 is 1.45 bits per heavy atom. The minimum absolute atomic E-state index is 0.0145. The Bertz CT molecular complexity index is 514. The molecular formula is C14H18Cl2N2O2. The van der Waals surface area contributed by atoms with Crippen molar-refractivity contribution in [1.82, 2.24) is 5.32 Å². The minimum atomic E-state index is -1.36. The van der Waals surface area contributed by atoms with Crippen molar-refractivity contribution < 1.29 is 9.90 Å². The number of nitrogens with zero attached hydrogens (tertiary/aromatic N) is 1. The summed E-state index contributed by atoms with van der Waals surface area (Å²) in [6.45, 7) is 4.43. The molecule has 2 N–H and O–H groups in total. The molecule has 1 saturated heterocycles. The SMILES string of the molecule is CC(C)(O)C(=O)NC1CCN(c2ccc(Cl)cc2Cl)C1. The van der Waals surface area contributed by atoms with Gasteiger partial charge < -0.3 is 15.3 Å². The van der Waals surface area contributed by atoms with Gasteiger partial charge in [0.15, 0.2) is 0 Å². The van der Waals surface area contributed by atoms with E-state index in [1.54, 1.807) is 12.1 Å². The van der Waals surface area contributed by atoms with Crippen LogP contribution in [-0.4, -0.2) is 35.7 Å². The lowest BCUT2D eigenvalue weighted by Gasteiger charge is -2.22. The third-order valence-corrected chi connectivity index (χ3v) is 3.87. The Morgan fingerprint density at radius 2 is 2.15 bits per heavy atom. The van der Waals surface area contributed by atoms with E-state index in [4.69, 9.17) is 23.2 Å². The fraction of sp³-hybridized carbons (Fsp3) is 0.500. The molecule has 1 aromatic carbocycles. The number of rotatable bonds is 3. The maximum absolute atomic E-state index is 11.8. The van der Waals surface area contributed by atoms with Crippen molar-refractivity contribution in [2.45, 2.75) is 31.9 Å². The van der Waals surface area contributed by atoms with E-state index >= 15 is 0 Å². The zero-order valence-electron chi connectivity index (χ0n) is 11.5. The molecule has 4 nitrogen and oxygen atoms in total. The average Bonchev–Trinajstić information content (AvgIpc) is 2.76. The first kappa shape index (κ1) is 15.4. The van der Waals surface area contributed by atoms with Gasteiger partial charge >= 0.3 is 0 Å². The highest BCUT2D eigenvalue weighted by molar-refractivity contribution is 6.36. The molecule has 20 heavy (non-hydrogen) atoms. The van der Waals surface area contributed by atoms with Crippen LogP contribution in [-0.2, 0) is 4.79 Å². The van der Waals surface area contributed by atoms with Crippen LogP contribution in [0.5, 0.6) is 0 Å². The Balaban J connectivity index is 2.00. The van der Waals surface area contributed by atoms with E-state index in [9.17, 15) is 9.90 Å². The number of aliphatic hydroxyl groups is 1. The topological polar surface area (TPSA) is 52.6 Å². The molecule has 1 atom stereocenters. The minimum Gasteiger partial charge on any atom is -0.381 e. The molecule has 0 bridgehead atoms. The van der Waals surface area contributed by atoms with E-state index in [1.807, 2.05) is 6.07 Å². The van der Waals surface area contributed by atoms with E-state index in [0.29, 0.717) is 16.6 Å². The fourth-order valence-corrected chi connectivity index (χ4v) is 2.72. The number of halogens is 2. The molecule has 1 aromatic rings.